The summed E-state index contributed by atoms with van der Waals surface area (Å²) in [7, 11) is 0. The molecule has 4 heteroatoms. The van der Waals surface area contributed by atoms with E-state index in [9.17, 15) is 4.79 Å². The molecule has 1 aromatic rings. The van der Waals surface area contributed by atoms with Crippen LogP contribution in [0.15, 0.2) is 0 Å². The highest BCUT2D eigenvalue weighted by molar-refractivity contribution is 5.87. The molecule has 0 aromatic heterocycles. The van der Waals surface area contributed by atoms with Crippen LogP contribution in [0.5, 0.6) is 11.5 Å². The van der Waals surface area contributed by atoms with E-state index in [0.29, 0.717) is 48.7 Å². The number of carbonyl (C=O) groups excluding carboxylic acids is 1. The molecule has 3 rings (SSSR count). The van der Waals surface area contributed by atoms with Crippen LogP contribution in [-0.4, -0.2) is 19.5 Å². The molecule has 0 fully saturated rings. The third-order valence-electron chi connectivity index (χ3n) is 3.07. The summed E-state index contributed by atoms with van der Waals surface area (Å²) >= 11 is 0. The Kier molecular flexibility index (Phi) is 1.87. The molecule has 2 aliphatic rings. The zero-order valence-electron chi connectivity index (χ0n) is 8.58. The van der Waals surface area contributed by atoms with Crippen LogP contribution >= 0.6 is 0 Å². The van der Waals surface area contributed by atoms with Gasteiger partial charge in [-0.3, -0.25) is 4.79 Å². The molecular formula is C12H9NO3. The molecule has 0 spiro atoms. The fourth-order valence-corrected chi connectivity index (χ4v) is 2.39. The predicted octanol–water partition coefficient (Wildman–Crippen LogP) is 1.24. The molecule has 0 unspecified atom stereocenters. The maximum Gasteiger partial charge on any atom is 0.154 e. The van der Waals surface area contributed by atoms with E-state index < -0.39 is 0 Å². The average molecular weight is 215 g/mol. The lowest BCUT2D eigenvalue weighted by atomic mass is 9.95. The summed E-state index contributed by atoms with van der Waals surface area (Å²) in [5, 5.41) is 9.16. The first kappa shape index (κ1) is 9.22. The molecule has 1 aromatic carbocycles. The molecule has 4 nitrogen and oxygen atoms in total. The van der Waals surface area contributed by atoms with Crippen molar-refractivity contribution in [3.8, 4) is 17.6 Å². The summed E-state index contributed by atoms with van der Waals surface area (Å²) in [6, 6.07) is 2.16. The first-order valence-electron chi connectivity index (χ1n) is 5.19. The zero-order chi connectivity index (χ0) is 11.1. The molecule has 2 aliphatic heterocycles. The van der Waals surface area contributed by atoms with E-state index in [1.807, 2.05) is 0 Å². The van der Waals surface area contributed by atoms with Crippen LogP contribution in [0, 0.1) is 11.3 Å². The molecule has 0 atom stereocenters. The van der Waals surface area contributed by atoms with E-state index in [1.165, 1.54) is 0 Å². The molecule has 0 saturated heterocycles. The van der Waals surface area contributed by atoms with Gasteiger partial charge in [-0.2, -0.15) is 5.26 Å². The summed E-state index contributed by atoms with van der Waals surface area (Å²) in [4.78, 5) is 11.1. The van der Waals surface area contributed by atoms with E-state index in [4.69, 9.17) is 14.7 Å². The minimum absolute atomic E-state index is 0.535. The van der Waals surface area contributed by atoms with Crippen LogP contribution in [0.4, 0.5) is 0 Å². The van der Waals surface area contributed by atoms with Gasteiger partial charge in [-0.1, -0.05) is 0 Å². The van der Waals surface area contributed by atoms with Crippen LogP contribution < -0.4 is 9.47 Å². The predicted molar refractivity (Wildman–Crippen MR) is 54.9 cm³/mol. The van der Waals surface area contributed by atoms with Gasteiger partial charge in [0.05, 0.1) is 18.8 Å². The number of hydrogen-bond acceptors (Lipinski definition) is 4. The topological polar surface area (TPSA) is 59.3 Å². The number of fused-ring (bicyclic) bond motifs is 2. The van der Waals surface area contributed by atoms with Crippen LogP contribution in [0.25, 0.3) is 0 Å². The second-order valence-electron chi connectivity index (χ2n) is 3.83. The second kappa shape index (κ2) is 3.24. The average Bonchev–Trinajstić information content (AvgIpc) is 2.93. The summed E-state index contributed by atoms with van der Waals surface area (Å²) in [6.45, 7) is 1.07. The molecule has 0 N–H and O–H groups in total. The number of rotatable bonds is 1. The van der Waals surface area contributed by atoms with Crippen molar-refractivity contribution in [1.82, 2.24) is 0 Å². The Morgan fingerprint density at radius 2 is 1.81 bits per heavy atom. The van der Waals surface area contributed by atoms with Crippen molar-refractivity contribution in [2.75, 3.05) is 13.2 Å². The van der Waals surface area contributed by atoms with Gasteiger partial charge in [0.15, 0.2) is 6.29 Å². The number of benzene rings is 1. The minimum atomic E-state index is 0.535. The molecule has 0 saturated carbocycles. The lowest BCUT2D eigenvalue weighted by Crippen LogP contribution is -1.97. The molecule has 2 heterocycles. The Bertz CT molecular complexity index is 493. The van der Waals surface area contributed by atoms with Crippen LogP contribution in [0.2, 0.25) is 0 Å². The highest BCUT2D eigenvalue weighted by Gasteiger charge is 2.31. The van der Waals surface area contributed by atoms with Gasteiger partial charge >= 0.3 is 0 Å². The summed E-state index contributed by atoms with van der Waals surface area (Å²) in [6.07, 6.45) is 2.16. The van der Waals surface area contributed by atoms with Gasteiger partial charge in [-0.25, -0.2) is 0 Å². The van der Waals surface area contributed by atoms with E-state index in [-0.39, 0.29) is 0 Å². The summed E-state index contributed by atoms with van der Waals surface area (Å²) in [5.41, 5.74) is 2.77. The third kappa shape index (κ3) is 1.00. The van der Waals surface area contributed by atoms with Crippen molar-refractivity contribution in [3.05, 3.63) is 22.3 Å². The number of ether oxygens (including phenoxy) is 2. The minimum Gasteiger partial charge on any atom is -0.492 e. The van der Waals surface area contributed by atoms with Gasteiger partial charge in [0.25, 0.3) is 0 Å². The van der Waals surface area contributed by atoms with Gasteiger partial charge in [-0.15, -0.1) is 0 Å². The molecule has 0 bridgehead atoms. The summed E-state index contributed by atoms with van der Waals surface area (Å²) in [5.74, 6) is 1.18. The fourth-order valence-electron chi connectivity index (χ4n) is 2.39. The van der Waals surface area contributed by atoms with Crippen molar-refractivity contribution >= 4 is 6.29 Å². The number of nitrogens with zero attached hydrogens (tertiary/aromatic N) is 1. The Morgan fingerprint density at radius 1 is 1.12 bits per heavy atom. The van der Waals surface area contributed by atoms with Crippen LogP contribution in [0.1, 0.15) is 27.0 Å². The quantitative estimate of drug-likeness (QED) is 0.661. The Labute approximate surface area is 92.4 Å². The molecule has 80 valence electrons. The second-order valence-corrected chi connectivity index (χ2v) is 3.83. The Balaban J connectivity index is 2.39. The van der Waals surface area contributed by atoms with Crippen LogP contribution in [-0.2, 0) is 12.8 Å². The molecule has 0 radical (unpaired) electrons. The van der Waals surface area contributed by atoms with Gasteiger partial charge in [-0.05, 0) is 0 Å². The van der Waals surface area contributed by atoms with Gasteiger partial charge < -0.3 is 9.47 Å². The van der Waals surface area contributed by atoms with Crippen molar-refractivity contribution in [2.24, 2.45) is 0 Å². The van der Waals surface area contributed by atoms with Gasteiger partial charge in [0.2, 0.25) is 0 Å². The number of nitriles is 1. The maximum absolute atomic E-state index is 11.1. The lowest BCUT2D eigenvalue weighted by Gasteiger charge is -2.10. The number of aldehydes is 1. The smallest absolute Gasteiger partial charge is 0.154 e. The van der Waals surface area contributed by atoms with Crippen molar-refractivity contribution in [2.45, 2.75) is 12.8 Å². The third-order valence-corrected chi connectivity index (χ3v) is 3.07. The van der Waals surface area contributed by atoms with E-state index in [0.717, 1.165) is 17.4 Å². The van der Waals surface area contributed by atoms with Gasteiger partial charge in [0, 0.05) is 24.0 Å². The first-order valence-corrected chi connectivity index (χ1v) is 5.19. The Hall–Kier alpha value is -2.02. The maximum atomic E-state index is 11.1. The standard InChI is InChI=1S/C12H9NO3/c13-5-9-7-1-3-16-12(7)10(6-14)8-2-4-15-11(8)9/h6H,1-4H2. The molecule has 0 amide bonds. The van der Waals surface area contributed by atoms with E-state index in [1.54, 1.807) is 0 Å². The van der Waals surface area contributed by atoms with Gasteiger partial charge in [0.1, 0.15) is 23.1 Å². The fraction of sp³-hybridized carbons (Fsp3) is 0.333. The molecular weight excluding hydrogens is 206 g/mol. The molecule has 16 heavy (non-hydrogen) atoms. The normalized spacial score (nSPS) is 15.7. The lowest BCUT2D eigenvalue weighted by molar-refractivity contribution is 0.111. The molecule has 0 aliphatic carbocycles. The van der Waals surface area contributed by atoms with E-state index >= 15 is 0 Å². The SMILES string of the molecule is N#Cc1c2c(c(C=O)c3c1OCC3)OCC2. The highest BCUT2D eigenvalue weighted by atomic mass is 16.5. The van der Waals surface area contributed by atoms with Crippen molar-refractivity contribution in [1.29, 1.82) is 5.26 Å². The van der Waals surface area contributed by atoms with E-state index in [2.05, 4.69) is 6.07 Å². The van der Waals surface area contributed by atoms with Crippen molar-refractivity contribution < 1.29 is 14.3 Å². The Morgan fingerprint density at radius 3 is 2.50 bits per heavy atom. The first-order chi connectivity index (χ1) is 7.86. The van der Waals surface area contributed by atoms with Crippen molar-refractivity contribution in [3.63, 3.8) is 0 Å². The number of carbonyl (C=O) groups is 1. The largest absolute Gasteiger partial charge is 0.492 e. The monoisotopic (exact) mass is 215 g/mol. The number of hydrogen-bond donors (Lipinski definition) is 0. The zero-order valence-corrected chi connectivity index (χ0v) is 8.58. The highest BCUT2D eigenvalue weighted by Crippen LogP contribution is 2.43. The summed E-state index contributed by atoms with van der Waals surface area (Å²) < 4.78 is 10.9. The van der Waals surface area contributed by atoms with Crippen LogP contribution in [0.3, 0.4) is 0 Å².